The molecular weight excluding hydrogens is 470 g/mol. The summed E-state index contributed by atoms with van der Waals surface area (Å²) < 4.78 is 21.9. The predicted molar refractivity (Wildman–Crippen MR) is 133 cm³/mol. The van der Waals surface area contributed by atoms with Gasteiger partial charge in [-0.05, 0) is 79.9 Å². The second-order valence-corrected chi connectivity index (χ2v) is 8.30. The molecule has 1 heterocycles. The molecule has 0 aliphatic heterocycles. The molecule has 0 bridgehead atoms. The van der Waals surface area contributed by atoms with Crippen LogP contribution in [0.15, 0.2) is 59.0 Å². The molecule has 7 nitrogen and oxygen atoms in total. The molecule has 0 amide bonds. The third kappa shape index (κ3) is 5.74. The Balaban J connectivity index is 1.44. The van der Waals surface area contributed by atoms with Crippen molar-refractivity contribution < 1.29 is 28.2 Å². The van der Waals surface area contributed by atoms with Crippen LogP contribution in [0.5, 0.6) is 5.75 Å². The maximum absolute atomic E-state index is 12.1. The van der Waals surface area contributed by atoms with Crippen LogP contribution in [0, 0.1) is 5.92 Å². The molecule has 0 atom stereocenters. The molecule has 0 saturated carbocycles. The summed E-state index contributed by atoms with van der Waals surface area (Å²) in [6, 6.07) is 17.0. The summed E-state index contributed by atoms with van der Waals surface area (Å²) in [5, 5.41) is 2.55. The van der Waals surface area contributed by atoms with Gasteiger partial charge in [0.1, 0.15) is 11.3 Å². The fraction of sp³-hybridized carbons (Fsp3) is 0.296. The fourth-order valence-electron chi connectivity index (χ4n) is 3.85. The van der Waals surface area contributed by atoms with Crippen molar-refractivity contribution in [3.63, 3.8) is 0 Å². The summed E-state index contributed by atoms with van der Waals surface area (Å²) in [5.41, 5.74) is 2.24. The number of fused-ring (bicyclic) bond motifs is 2. The van der Waals surface area contributed by atoms with Gasteiger partial charge in [0.05, 0.1) is 19.8 Å². The number of carbonyl (C=O) groups excluding carboxylic acids is 2. The van der Waals surface area contributed by atoms with Crippen molar-refractivity contribution in [3.8, 4) is 17.2 Å². The Labute approximate surface area is 207 Å². The van der Waals surface area contributed by atoms with Gasteiger partial charge in [0, 0.05) is 10.6 Å². The van der Waals surface area contributed by atoms with Crippen LogP contribution in [0.1, 0.15) is 26.7 Å². The number of hydrogen-bond donors (Lipinski definition) is 0. The molecule has 1 aromatic heterocycles. The number of aromatic nitrogens is 1. The van der Waals surface area contributed by atoms with Gasteiger partial charge in [-0.1, -0.05) is 23.7 Å². The highest BCUT2D eigenvalue weighted by molar-refractivity contribution is 6.31. The summed E-state index contributed by atoms with van der Waals surface area (Å²) >= 11 is 6.07. The first-order valence-electron chi connectivity index (χ1n) is 11.6. The zero-order chi connectivity index (χ0) is 24.8. The van der Waals surface area contributed by atoms with Crippen molar-refractivity contribution in [3.05, 3.63) is 59.6 Å². The molecule has 0 unspecified atom stereocenters. The molecular formula is C27H26ClNO6. The molecule has 0 radical (unpaired) electrons. The molecule has 35 heavy (non-hydrogen) atoms. The smallest absolute Gasteiger partial charge is 0.320 e. The Morgan fingerprint density at radius 1 is 1.00 bits per heavy atom. The number of esters is 2. The molecule has 0 spiro atoms. The second kappa shape index (κ2) is 11.2. The number of hydrogen-bond acceptors (Lipinski definition) is 7. The normalized spacial score (nSPS) is 11.2. The lowest BCUT2D eigenvalue weighted by Crippen LogP contribution is -2.28. The van der Waals surface area contributed by atoms with Crippen LogP contribution in [-0.2, 0) is 19.1 Å². The van der Waals surface area contributed by atoms with Crippen LogP contribution in [0.2, 0.25) is 5.02 Å². The Morgan fingerprint density at radius 3 is 2.51 bits per heavy atom. The van der Waals surface area contributed by atoms with Crippen molar-refractivity contribution in [1.29, 1.82) is 0 Å². The van der Waals surface area contributed by atoms with Crippen molar-refractivity contribution >= 4 is 45.4 Å². The standard InChI is InChI=1S/C27H26ClNO6/c1-3-32-26(30)22(27(31)33-4-2)9-6-14-34-19-11-12-20-17(15-19)7-5-8-21(20)25-29-23-16-18(28)10-13-24(23)35-25/h5,7-8,10-13,15-16,22H,3-4,6,9,14H2,1-2H3. The third-order valence-electron chi connectivity index (χ3n) is 5.48. The number of oxazole rings is 1. The molecule has 0 N–H and O–H groups in total. The van der Waals surface area contributed by atoms with Crippen LogP contribution in [0.4, 0.5) is 0 Å². The monoisotopic (exact) mass is 495 g/mol. The lowest BCUT2D eigenvalue weighted by Gasteiger charge is -2.14. The Kier molecular flexibility index (Phi) is 7.87. The maximum Gasteiger partial charge on any atom is 0.320 e. The van der Waals surface area contributed by atoms with Gasteiger partial charge in [-0.2, -0.15) is 0 Å². The highest BCUT2D eigenvalue weighted by atomic mass is 35.5. The van der Waals surface area contributed by atoms with E-state index in [2.05, 4.69) is 4.98 Å². The molecule has 0 aliphatic rings. The molecule has 0 fully saturated rings. The number of halogens is 1. The van der Waals surface area contributed by atoms with Gasteiger partial charge < -0.3 is 18.6 Å². The summed E-state index contributed by atoms with van der Waals surface area (Å²) in [5.74, 6) is -0.867. The first-order chi connectivity index (χ1) is 17.0. The minimum Gasteiger partial charge on any atom is -0.494 e. The van der Waals surface area contributed by atoms with E-state index < -0.39 is 17.9 Å². The van der Waals surface area contributed by atoms with E-state index in [-0.39, 0.29) is 19.6 Å². The van der Waals surface area contributed by atoms with E-state index in [1.54, 1.807) is 32.0 Å². The molecule has 3 aromatic carbocycles. The molecule has 0 saturated heterocycles. The fourth-order valence-corrected chi connectivity index (χ4v) is 4.02. The number of ether oxygens (including phenoxy) is 3. The van der Waals surface area contributed by atoms with Gasteiger partial charge in [-0.15, -0.1) is 0 Å². The van der Waals surface area contributed by atoms with E-state index in [1.807, 2.05) is 36.4 Å². The first-order valence-corrected chi connectivity index (χ1v) is 11.9. The minimum absolute atomic E-state index is 0.210. The maximum atomic E-state index is 12.1. The zero-order valence-electron chi connectivity index (χ0n) is 19.6. The molecule has 4 rings (SSSR count). The average Bonchev–Trinajstić information content (AvgIpc) is 3.26. The van der Waals surface area contributed by atoms with Crippen LogP contribution in [0.25, 0.3) is 33.3 Å². The summed E-state index contributed by atoms with van der Waals surface area (Å²) in [6.07, 6.45) is 0.781. The van der Waals surface area contributed by atoms with E-state index in [4.69, 9.17) is 30.2 Å². The van der Waals surface area contributed by atoms with Gasteiger partial charge in [-0.25, -0.2) is 4.98 Å². The highest BCUT2D eigenvalue weighted by Crippen LogP contribution is 2.33. The number of rotatable bonds is 10. The highest BCUT2D eigenvalue weighted by Gasteiger charge is 2.29. The SMILES string of the molecule is CCOC(=O)C(CCCOc1ccc2c(-c3nc4cc(Cl)ccc4o3)cccc2c1)C(=O)OCC. The molecule has 182 valence electrons. The summed E-state index contributed by atoms with van der Waals surface area (Å²) in [4.78, 5) is 28.8. The van der Waals surface area contributed by atoms with Gasteiger partial charge in [-0.3, -0.25) is 9.59 Å². The molecule has 8 heteroatoms. The summed E-state index contributed by atoms with van der Waals surface area (Å²) in [7, 11) is 0. The van der Waals surface area contributed by atoms with Crippen molar-refractivity contribution in [1.82, 2.24) is 4.98 Å². The predicted octanol–water partition coefficient (Wildman–Crippen LogP) is 6.20. The molecule has 0 aliphatic carbocycles. The minimum atomic E-state index is -0.941. The topological polar surface area (TPSA) is 87.9 Å². The van der Waals surface area contributed by atoms with E-state index in [1.165, 1.54) is 0 Å². The van der Waals surface area contributed by atoms with Crippen LogP contribution >= 0.6 is 11.6 Å². The van der Waals surface area contributed by atoms with Crippen LogP contribution in [-0.4, -0.2) is 36.7 Å². The largest absolute Gasteiger partial charge is 0.494 e. The van der Waals surface area contributed by atoms with E-state index in [9.17, 15) is 9.59 Å². The van der Waals surface area contributed by atoms with Gasteiger partial charge >= 0.3 is 11.9 Å². The van der Waals surface area contributed by atoms with Crippen molar-refractivity contribution in [2.75, 3.05) is 19.8 Å². The van der Waals surface area contributed by atoms with E-state index >= 15 is 0 Å². The number of benzene rings is 3. The number of nitrogens with zero attached hydrogens (tertiary/aromatic N) is 1. The second-order valence-electron chi connectivity index (χ2n) is 7.87. The summed E-state index contributed by atoms with van der Waals surface area (Å²) in [6.45, 7) is 4.16. The van der Waals surface area contributed by atoms with Crippen LogP contribution < -0.4 is 4.74 Å². The van der Waals surface area contributed by atoms with Gasteiger partial charge in [0.2, 0.25) is 5.89 Å². The van der Waals surface area contributed by atoms with E-state index in [0.717, 1.165) is 16.3 Å². The van der Waals surface area contributed by atoms with Crippen molar-refractivity contribution in [2.24, 2.45) is 5.92 Å². The molecule has 4 aromatic rings. The quantitative estimate of drug-likeness (QED) is 0.147. The average molecular weight is 496 g/mol. The first kappa shape index (κ1) is 24.5. The lowest BCUT2D eigenvalue weighted by molar-refractivity contribution is -0.162. The lowest BCUT2D eigenvalue weighted by atomic mass is 10.0. The van der Waals surface area contributed by atoms with E-state index in [0.29, 0.717) is 40.8 Å². The van der Waals surface area contributed by atoms with Gasteiger partial charge in [0.15, 0.2) is 11.5 Å². The Morgan fingerprint density at radius 2 is 1.77 bits per heavy atom. The Hall–Kier alpha value is -3.58. The Bertz CT molecular complexity index is 1330. The van der Waals surface area contributed by atoms with Gasteiger partial charge in [0.25, 0.3) is 0 Å². The zero-order valence-corrected chi connectivity index (χ0v) is 20.3. The van der Waals surface area contributed by atoms with Crippen molar-refractivity contribution in [2.45, 2.75) is 26.7 Å². The van der Waals surface area contributed by atoms with Crippen LogP contribution in [0.3, 0.4) is 0 Å². The third-order valence-corrected chi connectivity index (χ3v) is 5.72. The number of carbonyl (C=O) groups is 2.